The van der Waals surface area contributed by atoms with Gasteiger partial charge in [-0.15, -0.1) is 0 Å². The lowest BCUT2D eigenvalue weighted by molar-refractivity contribution is -0.148. The molecule has 1 aliphatic rings. The standard InChI is InChI=1S/C10H18O2/c1-7(2)9(3)6-10(9,4)8(11)12-5/h7H,6H2,1-5H3. The highest BCUT2D eigenvalue weighted by Gasteiger charge is 2.67. The van der Waals surface area contributed by atoms with Crippen molar-refractivity contribution in [2.45, 2.75) is 34.1 Å². The molecular weight excluding hydrogens is 152 g/mol. The predicted molar refractivity (Wildman–Crippen MR) is 47.7 cm³/mol. The molecular formula is C10H18O2. The molecule has 0 aliphatic heterocycles. The van der Waals surface area contributed by atoms with Crippen LogP contribution in [0.25, 0.3) is 0 Å². The maximum atomic E-state index is 11.4. The van der Waals surface area contributed by atoms with E-state index in [2.05, 4.69) is 20.8 Å². The molecule has 0 heterocycles. The zero-order chi connectivity index (χ0) is 9.57. The zero-order valence-corrected chi connectivity index (χ0v) is 8.60. The summed E-state index contributed by atoms with van der Waals surface area (Å²) in [6.07, 6.45) is 0.963. The maximum absolute atomic E-state index is 11.4. The molecule has 0 N–H and O–H groups in total. The fraction of sp³-hybridized carbons (Fsp3) is 0.900. The number of rotatable bonds is 2. The minimum atomic E-state index is -0.226. The second-order valence-corrected chi connectivity index (χ2v) is 4.57. The van der Waals surface area contributed by atoms with Gasteiger partial charge in [0.1, 0.15) is 0 Å². The first-order valence-electron chi connectivity index (χ1n) is 4.47. The average Bonchev–Trinajstić information content (AvgIpc) is 2.56. The van der Waals surface area contributed by atoms with Crippen LogP contribution in [0.2, 0.25) is 0 Å². The Labute approximate surface area is 74.3 Å². The second-order valence-electron chi connectivity index (χ2n) is 4.57. The van der Waals surface area contributed by atoms with Gasteiger partial charge in [-0.1, -0.05) is 20.8 Å². The first-order valence-corrected chi connectivity index (χ1v) is 4.47. The Morgan fingerprint density at radius 1 is 1.42 bits per heavy atom. The smallest absolute Gasteiger partial charge is 0.312 e. The lowest BCUT2D eigenvalue weighted by Crippen LogP contribution is -2.23. The van der Waals surface area contributed by atoms with Crippen molar-refractivity contribution in [1.29, 1.82) is 0 Å². The Hall–Kier alpha value is -0.530. The number of methoxy groups -OCH3 is 1. The minimum Gasteiger partial charge on any atom is -0.469 e. The summed E-state index contributed by atoms with van der Waals surface area (Å²) in [6.45, 7) is 8.48. The molecule has 1 rings (SSSR count). The van der Waals surface area contributed by atoms with E-state index < -0.39 is 0 Å². The van der Waals surface area contributed by atoms with Crippen LogP contribution in [0.4, 0.5) is 0 Å². The molecule has 0 aromatic rings. The van der Waals surface area contributed by atoms with Crippen molar-refractivity contribution in [1.82, 2.24) is 0 Å². The Morgan fingerprint density at radius 3 is 2.17 bits per heavy atom. The molecule has 2 unspecified atom stereocenters. The van der Waals surface area contributed by atoms with Gasteiger partial charge in [-0.2, -0.15) is 0 Å². The summed E-state index contributed by atoms with van der Waals surface area (Å²) < 4.78 is 4.78. The normalized spacial score (nSPS) is 39.8. The van der Waals surface area contributed by atoms with Gasteiger partial charge in [0.25, 0.3) is 0 Å². The van der Waals surface area contributed by atoms with Gasteiger partial charge in [-0.25, -0.2) is 0 Å². The lowest BCUT2D eigenvalue weighted by Gasteiger charge is -2.20. The van der Waals surface area contributed by atoms with Crippen LogP contribution in [0, 0.1) is 16.7 Å². The molecule has 0 saturated heterocycles. The van der Waals surface area contributed by atoms with Gasteiger partial charge in [0.15, 0.2) is 0 Å². The van der Waals surface area contributed by atoms with Crippen LogP contribution in [0.3, 0.4) is 0 Å². The highest BCUT2D eigenvalue weighted by molar-refractivity contribution is 5.81. The summed E-state index contributed by atoms with van der Waals surface area (Å²) in [6, 6.07) is 0. The van der Waals surface area contributed by atoms with Gasteiger partial charge in [0, 0.05) is 0 Å². The Bertz CT molecular complexity index is 210. The first kappa shape index (κ1) is 9.56. The topological polar surface area (TPSA) is 26.3 Å². The second kappa shape index (κ2) is 2.48. The van der Waals surface area contributed by atoms with Gasteiger partial charge in [-0.05, 0) is 24.7 Å². The van der Waals surface area contributed by atoms with E-state index in [9.17, 15) is 4.79 Å². The van der Waals surface area contributed by atoms with E-state index in [0.29, 0.717) is 5.92 Å². The number of carbonyl (C=O) groups excluding carboxylic acids is 1. The van der Waals surface area contributed by atoms with Crippen molar-refractivity contribution < 1.29 is 9.53 Å². The monoisotopic (exact) mass is 170 g/mol. The number of esters is 1. The van der Waals surface area contributed by atoms with Crippen molar-refractivity contribution in [3.05, 3.63) is 0 Å². The summed E-state index contributed by atoms with van der Waals surface area (Å²) in [4.78, 5) is 11.4. The highest BCUT2D eigenvalue weighted by atomic mass is 16.5. The summed E-state index contributed by atoms with van der Waals surface area (Å²) in [5, 5.41) is 0. The van der Waals surface area contributed by atoms with Crippen molar-refractivity contribution >= 4 is 5.97 Å². The van der Waals surface area contributed by atoms with Gasteiger partial charge in [0.2, 0.25) is 0 Å². The van der Waals surface area contributed by atoms with E-state index in [1.165, 1.54) is 7.11 Å². The fourth-order valence-corrected chi connectivity index (χ4v) is 2.06. The van der Waals surface area contributed by atoms with Crippen molar-refractivity contribution in [3.63, 3.8) is 0 Å². The summed E-state index contributed by atoms with van der Waals surface area (Å²) in [7, 11) is 1.46. The minimum absolute atomic E-state index is 0.0568. The maximum Gasteiger partial charge on any atom is 0.312 e. The van der Waals surface area contributed by atoms with E-state index in [1.54, 1.807) is 0 Å². The Kier molecular flexibility index (Phi) is 1.97. The molecule has 1 aliphatic carbocycles. The number of ether oxygens (including phenoxy) is 1. The summed E-state index contributed by atoms with van der Waals surface area (Å²) in [5.41, 5.74) is -0.0734. The van der Waals surface area contributed by atoms with Crippen molar-refractivity contribution in [2.24, 2.45) is 16.7 Å². The molecule has 0 spiro atoms. The summed E-state index contributed by atoms with van der Waals surface area (Å²) in [5.74, 6) is 0.486. The van der Waals surface area contributed by atoms with Crippen LogP contribution in [0.1, 0.15) is 34.1 Å². The summed E-state index contributed by atoms with van der Waals surface area (Å²) >= 11 is 0. The third-order valence-electron chi connectivity index (χ3n) is 3.77. The molecule has 70 valence electrons. The largest absolute Gasteiger partial charge is 0.469 e. The number of hydrogen-bond acceptors (Lipinski definition) is 2. The third kappa shape index (κ3) is 0.970. The lowest BCUT2D eigenvalue weighted by atomic mass is 9.86. The SMILES string of the molecule is COC(=O)C1(C)CC1(C)C(C)C. The predicted octanol–water partition coefficient (Wildman–Crippen LogP) is 2.23. The van der Waals surface area contributed by atoms with Gasteiger partial charge in [-0.3, -0.25) is 4.79 Å². The molecule has 0 radical (unpaired) electrons. The van der Waals surface area contributed by atoms with Crippen molar-refractivity contribution in [3.8, 4) is 0 Å². The number of hydrogen-bond donors (Lipinski definition) is 0. The van der Waals surface area contributed by atoms with E-state index >= 15 is 0 Å². The van der Waals surface area contributed by atoms with Gasteiger partial charge >= 0.3 is 5.97 Å². The van der Waals surface area contributed by atoms with E-state index in [1.807, 2.05) is 6.92 Å². The third-order valence-corrected chi connectivity index (χ3v) is 3.77. The van der Waals surface area contributed by atoms with Crippen molar-refractivity contribution in [2.75, 3.05) is 7.11 Å². The Morgan fingerprint density at radius 2 is 1.92 bits per heavy atom. The van der Waals surface area contributed by atoms with Crippen LogP contribution in [-0.2, 0) is 9.53 Å². The first-order chi connectivity index (χ1) is 5.38. The molecule has 2 heteroatoms. The molecule has 0 aromatic carbocycles. The molecule has 0 aromatic heterocycles. The molecule has 1 saturated carbocycles. The fourth-order valence-electron chi connectivity index (χ4n) is 2.06. The van der Waals surface area contributed by atoms with Crippen LogP contribution < -0.4 is 0 Å². The van der Waals surface area contributed by atoms with E-state index in [-0.39, 0.29) is 16.8 Å². The zero-order valence-electron chi connectivity index (χ0n) is 8.60. The molecule has 1 fully saturated rings. The van der Waals surface area contributed by atoms with E-state index in [4.69, 9.17) is 4.74 Å². The molecule has 12 heavy (non-hydrogen) atoms. The van der Waals surface area contributed by atoms with E-state index in [0.717, 1.165) is 6.42 Å². The van der Waals surface area contributed by atoms with Crippen LogP contribution in [0.15, 0.2) is 0 Å². The Balaban J connectivity index is 2.76. The number of carbonyl (C=O) groups is 1. The van der Waals surface area contributed by atoms with Crippen LogP contribution in [0.5, 0.6) is 0 Å². The molecule has 0 amide bonds. The molecule has 2 atom stereocenters. The van der Waals surface area contributed by atoms with Gasteiger partial charge in [0.05, 0.1) is 12.5 Å². The quantitative estimate of drug-likeness (QED) is 0.594. The molecule has 0 bridgehead atoms. The van der Waals surface area contributed by atoms with Gasteiger partial charge < -0.3 is 4.74 Å². The average molecular weight is 170 g/mol. The van der Waals surface area contributed by atoms with Crippen LogP contribution in [-0.4, -0.2) is 13.1 Å². The molecule has 2 nitrogen and oxygen atoms in total. The van der Waals surface area contributed by atoms with Crippen LogP contribution >= 0.6 is 0 Å². The highest BCUT2D eigenvalue weighted by Crippen LogP contribution is 2.67.